The first kappa shape index (κ1) is 18.5. The van der Waals surface area contributed by atoms with Gasteiger partial charge in [-0.2, -0.15) is 0 Å². The van der Waals surface area contributed by atoms with Gasteiger partial charge in [0.05, 0.1) is 11.5 Å². The summed E-state index contributed by atoms with van der Waals surface area (Å²) in [5, 5.41) is 23.3. The van der Waals surface area contributed by atoms with Crippen LogP contribution in [0.15, 0.2) is 18.2 Å². The summed E-state index contributed by atoms with van der Waals surface area (Å²) in [6.45, 7) is 5.65. The Labute approximate surface area is 162 Å². The minimum atomic E-state index is -0.412. The van der Waals surface area contributed by atoms with Crippen LogP contribution in [-0.2, 0) is 19.5 Å². The highest BCUT2D eigenvalue weighted by atomic mass is 16.6. The van der Waals surface area contributed by atoms with E-state index >= 15 is 0 Å². The molecular formula is C19H24N6O3. The van der Waals surface area contributed by atoms with Crippen LogP contribution in [0.5, 0.6) is 0 Å². The number of aromatic nitrogens is 3. The summed E-state index contributed by atoms with van der Waals surface area (Å²) in [5.41, 5.74) is 1.05. The van der Waals surface area contributed by atoms with Crippen LogP contribution in [-0.4, -0.2) is 50.1 Å². The minimum Gasteiger partial charge on any atom is -0.339 e. The lowest BCUT2D eigenvalue weighted by Crippen LogP contribution is -2.39. The molecule has 0 spiro atoms. The number of aryl methyl sites for hydroxylation is 1. The average molecular weight is 384 g/mol. The molecule has 0 atom stereocenters. The fourth-order valence-electron chi connectivity index (χ4n) is 4.11. The van der Waals surface area contributed by atoms with Crippen molar-refractivity contribution in [3.8, 4) is 0 Å². The van der Waals surface area contributed by atoms with Gasteiger partial charge < -0.3 is 14.8 Å². The zero-order chi connectivity index (χ0) is 19.7. The van der Waals surface area contributed by atoms with Gasteiger partial charge in [0, 0.05) is 49.3 Å². The van der Waals surface area contributed by atoms with Crippen molar-refractivity contribution < 1.29 is 9.72 Å². The van der Waals surface area contributed by atoms with E-state index in [0.29, 0.717) is 36.6 Å². The highest BCUT2D eigenvalue weighted by Gasteiger charge is 2.29. The van der Waals surface area contributed by atoms with Crippen molar-refractivity contribution in [1.29, 1.82) is 0 Å². The van der Waals surface area contributed by atoms with Crippen LogP contribution in [0.25, 0.3) is 0 Å². The molecule has 0 unspecified atom stereocenters. The summed E-state index contributed by atoms with van der Waals surface area (Å²) in [4.78, 5) is 25.5. The molecule has 9 heteroatoms. The van der Waals surface area contributed by atoms with Crippen molar-refractivity contribution in [2.45, 2.75) is 45.2 Å². The van der Waals surface area contributed by atoms with Crippen molar-refractivity contribution in [2.24, 2.45) is 0 Å². The van der Waals surface area contributed by atoms with Gasteiger partial charge in [-0.3, -0.25) is 14.9 Å². The largest absolute Gasteiger partial charge is 0.339 e. The van der Waals surface area contributed by atoms with Gasteiger partial charge in [0.1, 0.15) is 11.6 Å². The standard InChI is InChI=1S/C19H24N6O3/c1-2-13-3-4-15(11-16(13)25(27)28)19(26)23-8-5-14(6-9-23)18-22-21-17-12-20-7-10-24(17)18/h3-4,11,14,20H,2,5-10,12H2,1H3. The van der Waals surface area contributed by atoms with E-state index in [1.54, 1.807) is 17.0 Å². The number of hydrogen-bond donors (Lipinski definition) is 1. The van der Waals surface area contributed by atoms with Gasteiger partial charge in [0.15, 0.2) is 0 Å². The van der Waals surface area contributed by atoms with Crippen LogP contribution in [0.3, 0.4) is 0 Å². The quantitative estimate of drug-likeness (QED) is 0.637. The molecule has 28 heavy (non-hydrogen) atoms. The minimum absolute atomic E-state index is 0.0203. The van der Waals surface area contributed by atoms with Crippen LogP contribution in [0.2, 0.25) is 0 Å². The number of hydrogen-bond acceptors (Lipinski definition) is 6. The third-order valence-electron chi connectivity index (χ3n) is 5.71. The maximum atomic E-state index is 12.9. The van der Waals surface area contributed by atoms with Crippen LogP contribution in [0.1, 0.15) is 53.3 Å². The number of piperidine rings is 1. The molecule has 1 aromatic heterocycles. The number of rotatable bonds is 4. The van der Waals surface area contributed by atoms with Crippen molar-refractivity contribution in [1.82, 2.24) is 25.0 Å². The number of nitro groups is 1. The number of benzene rings is 1. The molecule has 4 rings (SSSR count). The van der Waals surface area contributed by atoms with Gasteiger partial charge in [-0.05, 0) is 25.3 Å². The van der Waals surface area contributed by atoms with Crippen molar-refractivity contribution in [3.63, 3.8) is 0 Å². The summed E-state index contributed by atoms with van der Waals surface area (Å²) < 4.78 is 2.20. The Morgan fingerprint density at radius 2 is 2.07 bits per heavy atom. The van der Waals surface area contributed by atoms with E-state index in [9.17, 15) is 14.9 Å². The van der Waals surface area contributed by atoms with Gasteiger partial charge >= 0.3 is 0 Å². The number of likely N-dealkylation sites (tertiary alicyclic amines) is 1. The number of nitrogens with zero attached hydrogens (tertiary/aromatic N) is 5. The first-order valence-electron chi connectivity index (χ1n) is 9.77. The number of fused-ring (bicyclic) bond motifs is 1. The zero-order valence-electron chi connectivity index (χ0n) is 15.9. The Kier molecular flexibility index (Phi) is 5.08. The molecule has 1 saturated heterocycles. The highest BCUT2D eigenvalue weighted by Crippen LogP contribution is 2.29. The normalized spacial score (nSPS) is 17.4. The number of carbonyl (C=O) groups excluding carboxylic acids is 1. The first-order chi connectivity index (χ1) is 13.6. The Bertz CT molecular complexity index is 901. The van der Waals surface area contributed by atoms with Crippen LogP contribution in [0, 0.1) is 10.1 Å². The molecule has 2 aliphatic rings. The fourth-order valence-corrected chi connectivity index (χ4v) is 4.11. The Morgan fingerprint density at radius 3 is 2.79 bits per heavy atom. The lowest BCUT2D eigenvalue weighted by molar-refractivity contribution is -0.385. The van der Waals surface area contributed by atoms with Gasteiger partial charge in [-0.1, -0.05) is 13.0 Å². The van der Waals surface area contributed by atoms with E-state index in [0.717, 1.165) is 44.1 Å². The SMILES string of the molecule is CCc1ccc(C(=O)N2CCC(c3nnc4n3CCNC4)CC2)cc1[N+](=O)[O-]. The van der Waals surface area contributed by atoms with Gasteiger partial charge in [-0.15, -0.1) is 10.2 Å². The third-order valence-corrected chi connectivity index (χ3v) is 5.71. The summed E-state index contributed by atoms with van der Waals surface area (Å²) >= 11 is 0. The molecule has 2 aromatic rings. The second-order valence-corrected chi connectivity index (χ2v) is 7.32. The molecule has 0 bridgehead atoms. The molecule has 2 aliphatic heterocycles. The van der Waals surface area contributed by atoms with Crippen LogP contribution >= 0.6 is 0 Å². The molecule has 0 aliphatic carbocycles. The molecule has 148 valence electrons. The number of amides is 1. The van der Waals surface area contributed by atoms with Crippen LogP contribution < -0.4 is 5.32 Å². The molecule has 9 nitrogen and oxygen atoms in total. The maximum absolute atomic E-state index is 12.9. The third kappa shape index (κ3) is 3.37. The van der Waals surface area contributed by atoms with E-state index in [-0.39, 0.29) is 11.6 Å². The summed E-state index contributed by atoms with van der Waals surface area (Å²) in [7, 11) is 0. The second-order valence-electron chi connectivity index (χ2n) is 7.32. The Morgan fingerprint density at radius 1 is 1.29 bits per heavy atom. The number of carbonyl (C=O) groups is 1. The molecule has 0 saturated carbocycles. The Balaban J connectivity index is 1.45. The van der Waals surface area contributed by atoms with Crippen molar-refractivity contribution in [3.05, 3.63) is 51.1 Å². The van der Waals surface area contributed by atoms with E-state index in [1.807, 2.05) is 6.92 Å². The van der Waals surface area contributed by atoms with E-state index in [1.165, 1.54) is 6.07 Å². The number of nitro benzene ring substituents is 1. The molecule has 1 aromatic carbocycles. The molecule has 1 amide bonds. The molecular weight excluding hydrogens is 360 g/mol. The molecule has 3 heterocycles. The lowest BCUT2D eigenvalue weighted by atomic mass is 9.95. The average Bonchev–Trinajstić information content (AvgIpc) is 3.17. The zero-order valence-corrected chi connectivity index (χ0v) is 15.9. The van der Waals surface area contributed by atoms with Gasteiger partial charge in [0.2, 0.25) is 0 Å². The summed E-state index contributed by atoms with van der Waals surface area (Å²) in [5.74, 6) is 2.14. The van der Waals surface area contributed by atoms with E-state index in [2.05, 4.69) is 20.1 Å². The topological polar surface area (TPSA) is 106 Å². The molecule has 1 fully saturated rings. The van der Waals surface area contributed by atoms with Crippen molar-refractivity contribution >= 4 is 11.6 Å². The van der Waals surface area contributed by atoms with Crippen molar-refractivity contribution in [2.75, 3.05) is 19.6 Å². The predicted molar refractivity (Wildman–Crippen MR) is 102 cm³/mol. The van der Waals surface area contributed by atoms with E-state index in [4.69, 9.17) is 0 Å². The number of nitrogens with one attached hydrogen (secondary N) is 1. The van der Waals surface area contributed by atoms with Gasteiger partial charge in [-0.25, -0.2) is 0 Å². The maximum Gasteiger partial charge on any atom is 0.273 e. The fraction of sp³-hybridized carbons (Fsp3) is 0.526. The lowest BCUT2D eigenvalue weighted by Gasteiger charge is -2.32. The monoisotopic (exact) mass is 384 g/mol. The smallest absolute Gasteiger partial charge is 0.273 e. The van der Waals surface area contributed by atoms with Gasteiger partial charge in [0.25, 0.3) is 11.6 Å². The summed E-state index contributed by atoms with van der Waals surface area (Å²) in [6.07, 6.45) is 2.22. The Hall–Kier alpha value is -2.81. The van der Waals surface area contributed by atoms with E-state index < -0.39 is 4.92 Å². The molecule has 0 radical (unpaired) electrons. The molecule has 1 N–H and O–H groups in total. The summed E-state index contributed by atoms with van der Waals surface area (Å²) in [6, 6.07) is 4.80. The highest BCUT2D eigenvalue weighted by molar-refractivity contribution is 5.95. The van der Waals surface area contributed by atoms with Crippen LogP contribution in [0.4, 0.5) is 5.69 Å². The predicted octanol–water partition coefficient (Wildman–Crippen LogP) is 1.87. The first-order valence-corrected chi connectivity index (χ1v) is 9.77. The second kappa shape index (κ2) is 7.67.